The van der Waals surface area contributed by atoms with E-state index in [2.05, 4.69) is 5.32 Å². The maximum absolute atomic E-state index is 12.9. The van der Waals surface area contributed by atoms with Gasteiger partial charge in [-0.05, 0) is 12.8 Å². The van der Waals surface area contributed by atoms with Gasteiger partial charge < -0.3 is 14.8 Å². The summed E-state index contributed by atoms with van der Waals surface area (Å²) in [6.45, 7) is 0. The number of benzene rings is 1. The van der Waals surface area contributed by atoms with Crippen LogP contribution < -0.4 is 5.32 Å². The summed E-state index contributed by atoms with van der Waals surface area (Å²) in [7, 11) is 0. The summed E-state index contributed by atoms with van der Waals surface area (Å²) in [6, 6.07) is 9.06. The second kappa shape index (κ2) is 6.05. The Hall–Kier alpha value is -2.56. The van der Waals surface area contributed by atoms with Crippen LogP contribution in [-0.2, 0) is 14.3 Å². The molecule has 1 aliphatic carbocycles. The van der Waals surface area contributed by atoms with Gasteiger partial charge in [-0.1, -0.05) is 43.2 Å². The molecule has 5 nitrogen and oxygen atoms in total. The fourth-order valence-corrected chi connectivity index (χ4v) is 2.90. The van der Waals surface area contributed by atoms with Crippen molar-refractivity contribution in [2.75, 3.05) is 0 Å². The zero-order valence-corrected chi connectivity index (χ0v) is 12.1. The molecule has 1 N–H and O–H groups in total. The van der Waals surface area contributed by atoms with E-state index in [1.54, 1.807) is 12.1 Å². The topological polar surface area (TPSA) is 64.6 Å². The highest BCUT2D eigenvalue weighted by Crippen LogP contribution is 2.33. The van der Waals surface area contributed by atoms with Gasteiger partial charge in [0, 0.05) is 5.56 Å². The molecule has 0 bridgehead atoms. The number of hydrogen-bond acceptors (Lipinski definition) is 4. The van der Waals surface area contributed by atoms with E-state index in [-0.39, 0.29) is 11.5 Å². The van der Waals surface area contributed by atoms with E-state index in [1.807, 2.05) is 18.2 Å². The number of amides is 1. The van der Waals surface area contributed by atoms with Crippen molar-refractivity contribution in [1.82, 2.24) is 5.32 Å². The van der Waals surface area contributed by atoms with Crippen LogP contribution in [0.2, 0.25) is 0 Å². The van der Waals surface area contributed by atoms with Gasteiger partial charge in [0.25, 0.3) is 5.91 Å². The van der Waals surface area contributed by atoms with Crippen molar-refractivity contribution >= 4 is 11.7 Å². The Balaban J connectivity index is 1.81. The molecule has 1 aliphatic heterocycles. The molecule has 0 unspecified atom stereocenters. The SMILES string of the molecule is O=C(NC1(C(=O)c2ccccc2)CCCC1)C1=COC=CO1. The first-order chi connectivity index (χ1) is 10.7. The van der Waals surface area contributed by atoms with Gasteiger partial charge in [-0.2, -0.15) is 0 Å². The summed E-state index contributed by atoms with van der Waals surface area (Å²) >= 11 is 0. The molecular formula is C17H17NO4. The molecule has 1 saturated carbocycles. The van der Waals surface area contributed by atoms with Crippen molar-refractivity contribution in [1.29, 1.82) is 0 Å². The predicted molar refractivity (Wildman–Crippen MR) is 79.5 cm³/mol. The van der Waals surface area contributed by atoms with Gasteiger partial charge in [0.2, 0.25) is 5.76 Å². The molecule has 5 heteroatoms. The number of ketones is 1. The molecule has 0 atom stereocenters. The van der Waals surface area contributed by atoms with E-state index in [4.69, 9.17) is 9.47 Å². The minimum atomic E-state index is -0.857. The number of carbonyl (C=O) groups is 2. The molecule has 0 saturated heterocycles. The van der Waals surface area contributed by atoms with E-state index in [0.717, 1.165) is 12.8 Å². The zero-order valence-electron chi connectivity index (χ0n) is 12.1. The van der Waals surface area contributed by atoms with Crippen molar-refractivity contribution in [3.8, 4) is 0 Å². The van der Waals surface area contributed by atoms with Crippen LogP contribution in [0.4, 0.5) is 0 Å². The monoisotopic (exact) mass is 299 g/mol. The molecule has 0 spiro atoms. The Morgan fingerprint density at radius 1 is 1.05 bits per heavy atom. The maximum Gasteiger partial charge on any atom is 0.291 e. The average Bonchev–Trinajstić information content (AvgIpc) is 3.05. The summed E-state index contributed by atoms with van der Waals surface area (Å²) < 4.78 is 10.0. The van der Waals surface area contributed by atoms with Crippen LogP contribution in [0.5, 0.6) is 0 Å². The number of Topliss-reactive ketones (excluding diaryl/α,β-unsaturated/α-hetero) is 1. The number of hydrogen-bond donors (Lipinski definition) is 1. The summed E-state index contributed by atoms with van der Waals surface area (Å²) in [5.74, 6) is -0.433. The quantitative estimate of drug-likeness (QED) is 0.868. The highest BCUT2D eigenvalue weighted by molar-refractivity contribution is 6.06. The van der Waals surface area contributed by atoms with E-state index >= 15 is 0 Å². The first-order valence-electron chi connectivity index (χ1n) is 7.31. The molecule has 3 rings (SSSR count). The summed E-state index contributed by atoms with van der Waals surface area (Å²) in [5.41, 5.74) is -0.247. The molecule has 1 amide bonds. The van der Waals surface area contributed by atoms with Crippen molar-refractivity contribution in [3.63, 3.8) is 0 Å². The van der Waals surface area contributed by atoms with Gasteiger partial charge in [-0.3, -0.25) is 9.59 Å². The lowest BCUT2D eigenvalue weighted by Gasteiger charge is -2.29. The third kappa shape index (κ3) is 2.74. The summed E-state index contributed by atoms with van der Waals surface area (Å²) in [6.07, 6.45) is 6.94. The zero-order chi connectivity index (χ0) is 15.4. The molecule has 1 heterocycles. The lowest BCUT2D eigenvalue weighted by atomic mass is 9.87. The highest BCUT2D eigenvalue weighted by atomic mass is 16.5. The summed E-state index contributed by atoms with van der Waals surface area (Å²) in [4.78, 5) is 25.2. The highest BCUT2D eigenvalue weighted by Gasteiger charge is 2.43. The van der Waals surface area contributed by atoms with Crippen LogP contribution >= 0.6 is 0 Å². The van der Waals surface area contributed by atoms with Crippen LogP contribution in [0.25, 0.3) is 0 Å². The van der Waals surface area contributed by atoms with E-state index in [1.165, 1.54) is 18.8 Å². The van der Waals surface area contributed by atoms with Gasteiger partial charge in [0.15, 0.2) is 5.78 Å². The average molecular weight is 299 g/mol. The fourth-order valence-electron chi connectivity index (χ4n) is 2.90. The van der Waals surface area contributed by atoms with Gasteiger partial charge in [0.05, 0.1) is 0 Å². The molecule has 1 fully saturated rings. The van der Waals surface area contributed by atoms with Crippen LogP contribution in [0, 0.1) is 0 Å². The van der Waals surface area contributed by atoms with Crippen molar-refractivity contribution < 1.29 is 19.1 Å². The van der Waals surface area contributed by atoms with Crippen LogP contribution in [0.15, 0.2) is 54.9 Å². The van der Waals surface area contributed by atoms with E-state index in [9.17, 15) is 9.59 Å². The second-order valence-corrected chi connectivity index (χ2v) is 5.45. The molecule has 22 heavy (non-hydrogen) atoms. The van der Waals surface area contributed by atoms with Crippen molar-refractivity contribution in [2.45, 2.75) is 31.2 Å². The Labute approximate surface area is 128 Å². The Morgan fingerprint density at radius 2 is 1.77 bits per heavy atom. The molecule has 0 radical (unpaired) electrons. The number of nitrogens with one attached hydrogen (secondary N) is 1. The molecular weight excluding hydrogens is 282 g/mol. The molecule has 1 aromatic rings. The minimum absolute atomic E-state index is 0.0492. The van der Waals surface area contributed by atoms with Crippen molar-refractivity contribution in [2.24, 2.45) is 0 Å². The molecule has 1 aromatic carbocycles. The first-order valence-corrected chi connectivity index (χ1v) is 7.31. The van der Waals surface area contributed by atoms with E-state index in [0.29, 0.717) is 18.4 Å². The van der Waals surface area contributed by atoms with Gasteiger partial charge in [-0.15, -0.1) is 0 Å². The van der Waals surface area contributed by atoms with Crippen LogP contribution in [0.1, 0.15) is 36.0 Å². The van der Waals surface area contributed by atoms with Gasteiger partial charge >= 0.3 is 0 Å². The lowest BCUT2D eigenvalue weighted by Crippen LogP contribution is -2.53. The third-order valence-electron chi connectivity index (χ3n) is 4.01. The second-order valence-electron chi connectivity index (χ2n) is 5.45. The number of rotatable bonds is 4. The largest absolute Gasteiger partial charge is 0.465 e. The number of ether oxygens (including phenoxy) is 2. The van der Waals surface area contributed by atoms with Gasteiger partial charge in [-0.25, -0.2) is 0 Å². The molecule has 0 aromatic heterocycles. The van der Waals surface area contributed by atoms with Gasteiger partial charge in [0.1, 0.15) is 24.3 Å². The van der Waals surface area contributed by atoms with E-state index < -0.39 is 11.4 Å². The molecule has 2 aliphatic rings. The smallest absolute Gasteiger partial charge is 0.291 e. The molecule has 114 valence electrons. The maximum atomic E-state index is 12.9. The van der Waals surface area contributed by atoms with Crippen LogP contribution in [0.3, 0.4) is 0 Å². The van der Waals surface area contributed by atoms with Crippen molar-refractivity contribution in [3.05, 3.63) is 60.4 Å². The first kappa shape index (κ1) is 14.4. The fraction of sp³-hybridized carbons (Fsp3) is 0.294. The van der Waals surface area contributed by atoms with Crippen LogP contribution in [-0.4, -0.2) is 17.2 Å². The normalized spacial score (nSPS) is 18.8. The minimum Gasteiger partial charge on any atom is -0.465 e. The number of carbonyl (C=O) groups excluding carboxylic acids is 2. The lowest BCUT2D eigenvalue weighted by molar-refractivity contribution is -0.121. The standard InChI is InChI=1S/C17H17NO4/c19-15(13-6-2-1-3-7-13)17(8-4-5-9-17)18-16(20)14-12-21-10-11-22-14/h1-3,6-7,10-12H,4-5,8-9H2,(H,18,20). The Bertz CT molecular complexity index is 627. The Morgan fingerprint density at radius 3 is 2.41 bits per heavy atom. The predicted octanol–water partition coefficient (Wildman–Crippen LogP) is 2.66. The Kier molecular flexibility index (Phi) is 3.96. The third-order valence-corrected chi connectivity index (χ3v) is 4.01. The summed E-state index contributed by atoms with van der Waals surface area (Å²) in [5, 5.41) is 2.86.